The molecule has 0 aliphatic heterocycles. The smallest absolute Gasteiger partial charge is 0.257 e. The molecule has 0 aliphatic rings. The number of rotatable bonds is 3. The fourth-order valence-electron chi connectivity index (χ4n) is 1.75. The number of nitrogens with one attached hydrogen (secondary N) is 1. The van der Waals surface area contributed by atoms with E-state index in [1.807, 2.05) is 43.3 Å². The Morgan fingerprint density at radius 3 is 2.74 bits per heavy atom. The van der Waals surface area contributed by atoms with E-state index in [-0.39, 0.29) is 5.91 Å². The number of amides is 1. The molecule has 0 heterocycles. The minimum atomic E-state index is -0.194. The summed E-state index contributed by atoms with van der Waals surface area (Å²) in [5.41, 5.74) is 3.25. The van der Waals surface area contributed by atoms with Gasteiger partial charge in [-0.1, -0.05) is 51.8 Å². The lowest BCUT2D eigenvalue weighted by atomic mass is 10.1. The Hall–Kier alpha value is -1.32. The lowest BCUT2D eigenvalue weighted by Gasteiger charge is -2.09. The summed E-state index contributed by atoms with van der Waals surface area (Å²) in [7, 11) is 0. The Balaban J connectivity index is 2.23. The molecule has 0 bridgehead atoms. The molecule has 0 unspecified atom stereocenters. The van der Waals surface area contributed by atoms with Crippen molar-refractivity contribution in [2.45, 2.75) is 12.3 Å². The summed E-state index contributed by atoms with van der Waals surface area (Å²) in [5.74, 6) is -0.194. The minimum absolute atomic E-state index is 0.194. The van der Waals surface area contributed by atoms with E-state index in [2.05, 4.69) is 21.2 Å². The number of anilines is 1. The molecule has 1 N–H and O–H groups in total. The van der Waals surface area contributed by atoms with Crippen molar-refractivity contribution in [3.05, 3.63) is 64.2 Å². The maximum absolute atomic E-state index is 12.2. The first-order valence-electron chi connectivity index (χ1n) is 5.83. The number of carbonyl (C=O) groups excluding carboxylic acids is 1. The summed E-state index contributed by atoms with van der Waals surface area (Å²) in [6.45, 7) is 1.88. The molecular weight excluding hydrogens is 326 g/mol. The largest absolute Gasteiger partial charge is 0.322 e. The maximum Gasteiger partial charge on any atom is 0.257 e. The molecule has 98 valence electrons. The molecule has 0 aromatic heterocycles. The number of carbonyl (C=O) groups is 1. The highest BCUT2D eigenvalue weighted by molar-refractivity contribution is 9.08. The highest BCUT2D eigenvalue weighted by atomic mass is 79.9. The summed E-state index contributed by atoms with van der Waals surface area (Å²) in [6.07, 6.45) is 0. The molecule has 2 nitrogen and oxygen atoms in total. The number of aryl methyl sites for hydroxylation is 1. The van der Waals surface area contributed by atoms with E-state index in [1.165, 1.54) is 0 Å². The van der Waals surface area contributed by atoms with E-state index in [0.29, 0.717) is 10.6 Å². The topological polar surface area (TPSA) is 29.1 Å². The minimum Gasteiger partial charge on any atom is -0.322 e. The highest BCUT2D eigenvalue weighted by Crippen LogP contribution is 2.22. The highest BCUT2D eigenvalue weighted by Gasteiger charge is 2.11. The van der Waals surface area contributed by atoms with E-state index in [0.717, 1.165) is 22.1 Å². The monoisotopic (exact) mass is 337 g/mol. The molecule has 0 spiro atoms. The van der Waals surface area contributed by atoms with Gasteiger partial charge < -0.3 is 5.32 Å². The van der Waals surface area contributed by atoms with Crippen LogP contribution in [-0.4, -0.2) is 5.91 Å². The number of hydrogen-bond donors (Lipinski definition) is 1. The van der Waals surface area contributed by atoms with Gasteiger partial charge in [-0.3, -0.25) is 4.79 Å². The Morgan fingerprint density at radius 1 is 1.26 bits per heavy atom. The Bertz CT molecular complexity index is 613. The third-order valence-corrected chi connectivity index (χ3v) is 3.92. The summed E-state index contributed by atoms with van der Waals surface area (Å²) < 4.78 is 0. The van der Waals surface area contributed by atoms with Gasteiger partial charge in [0.2, 0.25) is 0 Å². The van der Waals surface area contributed by atoms with Crippen LogP contribution in [0.3, 0.4) is 0 Å². The normalized spacial score (nSPS) is 10.3. The Labute approximate surface area is 125 Å². The van der Waals surface area contributed by atoms with E-state index in [4.69, 9.17) is 11.6 Å². The van der Waals surface area contributed by atoms with Crippen molar-refractivity contribution in [3.8, 4) is 0 Å². The molecule has 4 heteroatoms. The first kappa shape index (κ1) is 14.1. The first-order chi connectivity index (χ1) is 9.11. The standard InChI is InChI=1S/C15H13BrClNO/c1-10-4-2-7-13(14(10)17)15(19)18-12-6-3-5-11(8-12)9-16/h2-8H,9H2,1H3,(H,18,19). The van der Waals surface area contributed by atoms with Crippen LogP contribution in [0.25, 0.3) is 0 Å². The fraction of sp³-hybridized carbons (Fsp3) is 0.133. The van der Waals surface area contributed by atoms with Crippen LogP contribution in [0.4, 0.5) is 5.69 Å². The zero-order valence-corrected chi connectivity index (χ0v) is 12.8. The second-order valence-corrected chi connectivity index (χ2v) is 5.16. The van der Waals surface area contributed by atoms with Gasteiger partial charge in [-0.25, -0.2) is 0 Å². The van der Waals surface area contributed by atoms with Crippen molar-refractivity contribution in [1.82, 2.24) is 0 Å². The van der Waals surface area contributed by atoms with E-state index in [9.17, 15) is 4.79 Å². The van der Waals surface area contributed by atoms with Crippen LogP contribution in [-0.2, 0) is 5.33 Å². The molecule has 2 rings (SSSR count). The number of benzene rings is 2. The molecule has 0 saturated heterocycles. The molecule has 0 atom stereocenters. The lowest BCUT2D eigenvalue weighted by Crippen LogP contribution is -2.12. The Morgan fingerprint density at radius 2 is 2.00 bits per heavy atom. The molecule has 19 heavy (non-hydrogen) atoms. The second-order valence-electron chi connectivity index (χ2n) is 4.22. The number of hydrogen-bond acceptors (Lipinski definition) is 1. The van der Waals surface area contributed by atoms with Gasteiger partial charge in [-0.2, -0.15) is 0 Å². The van der Waals surface area contributed by atoms with Gasteiger partial charge in [0, 0.05) is 11.0 Å². The average Bonchev–Trinajstić information content (AvgIpc) is 2.42. The van der Waals surface area contributed by atoms with Crippen molar-refractivity contribution < 1.29 is 4.79 Å². The van der Waals surface area contributed by atoms with Gasteiger partial charge in [-0.05, 0) is 36.2 Å². The summed E-state index contributed by atoms with van der Waals surface area (Å²) in [4.78, 5) is 12.2. The molecule has 2 aromatic rings. The van der Waals surface area contributed by atoms with Crippen LogP contribution >= 0.6 is 27.5 Å². The maximum atomic E-state index is 12.2. The summed E-state index contributed by atoms with van der Waals surface area (Å²) in [5, 5.41) is 4.11. The predicted molar refractivity (Wildman–Crippen MR) is 83.2 cm³/mol. The molecule has 1 amide bonds. The van der Waals surface area contributed by atoms with Crippen LogP contribution in [0.1, 0.15) is 21.5 Å². The number of alkyl halides is 1. The molecular formula is C15H13BrClNO. The van der Waals surface area contributed by atoms with Crippen molar-refractivity contribution in [1.29, 1.82) is 0 Å². The van der Waals surface area contributed by atoms with Gasteiger partial charge >= 0.3 is 0 Å². The van der Waals surface area contributed by atoms with Crippen molar-refractivity contribution in [2.75, 3.05) is 5.32 Å². The van der Waals surface area contributed by atoms with Crippen LogP contribution in [0, 0.1) is 6.92 Å². The zero-order chi connectivity index (χ0) is 13.8. The second kappa shape index (κ2) is 6.22. The first-order valence-corrected chi connectivity index (χ1v) is 7.33. The third-order valence-electron chi connectivity index (χ3n) is 2.78. The zero-order valence-electron chi connectivity index (χ0n) is 10.4. The van der Waals surface area contributed by atoms with Crippen LogP contribution in [0.2, 0.25) is 5.02 Å². The molecule has 2 aromatic carbocycles. The van der Waals surface area contributed by atoms with Gasteiger partial charge in [0.25, 0.3) is 5.91 Å². The third kappa shape index (κ3) is 3.37. The predicted octanol–water partition coefficient (Wildman–Crippen LogP) is 4.80. The van der Waals surface area contributed by atoms with Gasteiger partial charge in [0.1, 0.15) is 0 Å². The molecule has 0 aliphatic carbocycles. The Kier molecular flexibility index (Phi) is 4.61. The van der Waals surface area contributed by atoms with Crippen molar-refractivity contribution in [3.63, 3.8) is 0 Å². The number of halogens is 2. The van der Waals surface area contributed by atoms with E-state index < -0.39 is 0 Å². The fourth-order valence-corrected chi connectivity index (χ4v) is 2.31. The van der Waals surface area contributed by atoms with Crippen molar-refractivity contribution >= 4 is 39.1 Å². The molecule has 0 radical (unpaired) electrons. The SMILES string of the molecule is Cc1cccc(C(=O)Nc2cccc(CBr)c2)c1Cl. The van der Waals surface area contributed by atoms with E-state index in [1.54, 1.807) is 6.07 Å². The van der Waals surface area contributed by atoms with Gasteiger partial charge in [-0.15, -0.1) is 0 Å². The van der Waals surface area contributed by atoms with Crippen molar-refractivity contribution in [2.24, 2.45) is 0 Å². The van der Waals surface area contributed by atoms with Gasteiger partial charge in [0.05, 0.1) is 10.6 Å². The van der Waals surface area contributed by atoms with Crippen LogP contribution in [0.15, 0.2) is 42.5 Å². The van der Waals surface area contributed by atoms with Crippen LogP contribution in [0.5, 0.6) is 0 Å². The lowest BCUT2D eigenvalue weighted by molar-refractivity contribution is 0.102. The summed E-state index contributed by atoms with van der Waals surface area (Å²) >= 11 is 9.53. The van der Waals surface area contributed by atoms with Crippen LogP contribution < -0.4 is 5.32 Å². The molecule has 0 saturated carbocycles. The van der Waals surface area contributed by atoms with E-state index >= 15 is 0 Å². The average molecular weight is 339 g/mol. The quantitative estimate of drug-likeness (QED) is 0.801. The molecule has 0 fully saturated rings. The summed E-state index contributed by atoms with van der Waals surface area (Å²) in [6, 6.07) is 13.1. The van der Waals surface area contributed by atoms with Gasteiger partial charge in [0.15, 0.2) is 0 Å².